The summed E-state index contributed by atoms with van der Waals surface area (Å²) in [6.45, 7) is 4.94. The summed E-state index contributed by atoms with van der Waals surface area (Å²) in [5, 5.41) is 12.1. The van der Waals surface area contributed by atoms with Crippen molar-refractivity contribution in [3.05, 3.63) is 29.8 Å². The number of hydrogen-bond acceptors (Lipinski definition) is 7. The maximum atomic E-state index is 12.4. The Kier molecular flexibility index (Phi) is 6.85. The van der Waals surface area contributed by atoms with Crippen molar-refractivity contribution in [1.82, 2.24) is 10.2 Å². The topological polar surface area (TPSA) is 64.1 Å². The van der Waals surface area contributed by atoms with E-state index in [0.717, 1.165) is 34.6 Å². The number of Topliss-reactive ketones (excluding diaryl/α,β-unsaturated/α-hetero) is 1. The number of ketones is 1. The van der Waals surface area contributed by atoms with Gasteiger partial charge in [0.25, 0.3) is 0 Å². The summed E-state index contributed by atoms with van der Waals surface area (Å²) >= 11 is 2.93. The van der Waals surface area contributed by atoms with E-state index in [0.29, 0.717) is 5.56 Å². The number of ether oxygens (including phenoxy) is 1. The maximum Gasteiger partial charge on any atom is 0.206 e. The van der Waals surface area contributed by atoms with Crippen molar-refractivity contribution >= 4 is 34.0 Å². The molecule has 1 atom stereocenters. The Morgan fingerprint density at radius 2 is 2.09 bits per heavy atom. The van der Waals surface area contributed by atoms with E-state index < -0.39 is 0 Å². The van der Waals surface area contributed by atoms with Gasteiger partial charge in [0.2, 0.25) is 5.13 Å². The minimum atomic E-state index is -0.208. The third-order valence-corrected chi connectivity index (χ3v) is 5.30. The minimum absolute atomic E-state index is 0.0772. The van der Waals surface area contributed by atoms with Crippen LogP contribution in [0.1, 0.15) is 37.0 Å². The van der Waals surface area contributed by atoms with Gasteiger partial charge in [-0.3, -0.25) is 4.79 Å². The van der Waals surface area contributed by atoms with Crippen LogP contribution >= 0.6 is 23.1 Å². The molecule has 0 saturated heterocycles. The molecule has 1 N–H and O–H groups in total. The highest BCUT2D eigenvalue weighted by Crippen LogP contribution is 2.30. The summed E-state index contributed by atoms with van der Waals surface area (Å²) in [6.07, 6.45) is 2.25. The molecular weight excluding hydrogens is 330 g/mol. The molecule has 7 heteroatoms. The molecule has 23 heavy (non-hydrogen) atoms. The number of unbranched alkanes of at least 4 members (excludes halogenated alkanes) is 1. The molecule has 0 saturated carbocycles. The van der Waals surface area contributed by atoms with Crippen LogP contribution in [0.25, 0.3) is 0 Å². The molecule has 0 amide bonds. The standard InChI is InChI=1S/C16H21N3O2S2/c1-4-5-10-17-15-18-19-16(23-15)22-11(2)14(20)12-6-8-13(21-3)9-7-12/h6-9,11H,4-5,10H2,1-3H3,(H,17,18). The van der Waals surface area contributed by atoms with Crippen molar-refractivity contribution in [3.63, 3.8) is 0 Å². The highest BCUT2D eigenvalue weighted by molar-refractivity contribution is 8.02. The largest absolute Gasteiger partial charge is 0.497 e. The van der Waals surface area contributed by atoms with Crippen LogP contribution in [0.3, 0.4) is 0 Å². The van der Waals surface area contributed by atoms with Gasteiger partial charge in [-0.25, -0.2) is 0 Å². The van der Waals surface area contributed by atoms with Gasteiger partial charge in [-0.2, -0.15) is 0 Å². The fraction of sp³-hybridized carbons (Fsp3) is 0.438. The summed E-state index contributed by atoms with van der Waals surface area (Å²) in [7, 11) is 1.61. The normalized spacial score (nSPS) is 12.0. The van der Waals surface area contributed by atoms with Crippen LogP contribution in [0, 0.1) is 0 Å². The van der Waals surface area contributed by atoms with Gasteiger partial charge in [0.05, 0.1) is 12.4 Å². The number of rotatable bonds is 9. The minimum Gasteiger partial charge on any atom is -0.497 e. The first kappa shape index (κ1) is 17.7. The second kappa shape index (κ2) is 8.88. The van der Waals surface area contributed by atoms with Crippen LogP contribution in [-0.4, -0.2) is 34.9 Å². The molecule has 0 aliphatic carbocycles. The number of nitrogens with one attached hydrogen (secondary N) is 1. The molecule has 2 aromatic rings. The van der Waals surface area contributed by atoms with Gasteiger partial charge in [0, 0.05) is 12.1 Å². The van der Waals surface area contributed by atoms with Crippen molar-refractivity contribution in [1.29, 1.82) is 0 Å². The Hall–Kier alpha value is -1.60. The lowest BCUT2D eigenvalue weighted by molar-refractivity contribution is 0.0994. The van der Waals surface area contributed by atoms with E-state index in [1.165, 1.54) is 23.1 Å². The predicted molar refractivity (Wildman–Crippen MR) is 96.0 cm³/mol. The number of methoxy groups -OCH3 is 1. The fourth-order valence-electron chi connectivity index (χ4n) is 1.90. The van der Waals surface area contributed by atoms with E-state index in [4.69, 9.17) is 4.74 Å². The Morgan fingerprint density at radius 1 is 1.35 bits per heavy atom. The van der Waals surface area contributed by atoms with Gasteiger partial charge < -0.3 is 10.1 Å². The zero-order valence-electron chi connectivity index (χ0n) is 13.5. The molecule has 0 aliphatic rings. The Bertz CT molecular complexity index is 629. The Labute approximate surface area is 144 Å². The van der Waals surface area contributed by atoms with Gasteiger partial charge in [-0.1, -0.05) is 36.4 Å². The Balaban J connectivity index is 1.92. The monoisotopic (exact) mass is 351 g/mol. The summed E-state index contributed by atoms with van der Waals surface area (Å²) in [5.74, 6) is 0.821. The maximum absolute atomic E-state index is 12.4. The smallest absolute Gasteiger partial charge is 0.206 e. The van der Waals surface area contributed by atoms with Crippen LogP contribution < -0.4 is 10.1 Å². The van der Waals surface area contributed by atoms with Crippen molar-refractivity contribution < 1.29 is 9.53 Å². The first-order valence-electron chi connectivity index (χ1n) is 7.56. The first-order valence-corrected chi connectivity index (χ1v) is 9.26. The van der Waals surface area contributed by atoms with Gasteiger partial charge in [-0.15, -0.1) is 10.2 Å². The molecule has 0 fully saturated rings. The van der Waals surface area contributed by atoms with Crippen LogP contribution in [0.15, 0.2) is 28.6 Å². The molecule has 1 unspecified atom stereocenters. The highest BCUT2D eigenvalue weighted by Gasteiger charge is 2.18. The zero-order chi connectivity index (χ0) is 16.7. The van der Waals surface area contributed by atoms with E-state index >= 15 is 0 Å². The molecule has 124 valence electrons. The van der Waals surface area contributed by atoms with Gasteiger partial charge in [0.1, 0.15) is 5.75 Å². The molecule has 1 heterocycles. The number of aromatic nitrogens is 2. The molecule has 0 bridgehead atoms. The van der Waals surface area contributed by atoms with Crippen LogP contribution in [0.4, 0.5) is 5.13 Å². The fourth-order valence-corrected chi connectivity index (χ4v) is 3.89. The van der Waals surface area contributed by atoms with Crippen molar-refractivity contribution in [2.24, 2.45) is 0 Å². The molecule has 1 aromatic heterocycles. The molecule has 1 aromatic carbocycles. The van der Waals surface area contributed by atoms with Crippen molar-refractivity contribution in [2.75, 3.05) is 19.0 Å². The summed E-state index contributed by atoms with van der Waals surface area (Å²) in [4.78, 5) is 12.4. The second-order valence-electron chi connectivity index (χ2n) is 5.01. The van der Waals surface area contributed by atoms with Crippen LogP contribution in [-0.2, 0) is 0 Å². The van der Waals surface area contributed by atoms with Crippen LogP contribution in [0.5, 0.6) is 5.75 Å². The van der Waals surface area contributed by atoms with E-state index in [1.807, 2.05) is 6.92 Å². The molecular formula is C16H21N3O2S2. The number of anilines is 1. The van der Waals surface area contributed by atoms with E-state index in [-0.39, 0.29) is 11.0 Å². The van der Waals surface area contributed by atoms with E-state index in [9.17, 15) is 4.79 Å². The van der Waals surface area contributed by atoms with Gasteiger partial charge in [-0.05, 0) is 37.6 Å². The second-order valence-corrected chi connectivity index (χ2v) is 7.57. The molecule has 5 nitrogen and oxygen atoms in total. The van der Waals surface area contributed by atoms with Gasteiger partial charge in [0.15, 0.2) is 10.1 Å². The number of benzene rings is 1. The van der Waals surface area contributed by atoms with Crippen LogP contribution in [0.2, 0.25) is 0 Å². The SMILES string of the molecule is CCCCNc1nnc(SC(C)C(=O)c2ccc(OC)cc2)s1. The summed E-state index contributed by atoms with van der Waals surface area (Å²) < 4.78 is 5.91. The number of hydrogen-bond donors (Lipinski definition) is 1. The quantitative estimate of drug-likeness (QED) is 0.416. The average Bonchev–Trinajstić information content (AvgIpc) is 3.02. The van der Waals surface area contributed by atoms with Crippen molar-refractivity contribution in [3.8, 4) is 5.75 Å². The summed E-state index contributed by atoms with van der Waals surface area (Å²) in [5.41, 5.74) is 0.677. The molecule has 0 radical (unpaired) electrons. The summed E-state index contributed by atoms with van der Waals surface area (Å²) in [6, 6.07) is 7.17. The number of nitrogens with zero attached hydrogens (tertiary/aromatic N) is 2. The zero-order valence-corrected chi connectivity index (χ0v) is 15.2. The highest BCUT2D eigenvalue weighted by atomic mass is 32.2. The van der Waals surface area contributed by atoms with Crippen molar-refractivity contribution in [2.45, 2.75) is 36.3 Å². The molecule has 0 aliphatic heterocycles. The third kappa shape index (κ3) is 5.21. The first-order chi connectivity index (χ1) is 11.1. The van der Waals surface area contributed by atoms with E-state index in [2.05, 4.69) is 22.4 Å². The molecule has 0 spiro atoms. The predicted octanol–water partition coefficient (Wildman–Crippen LogP) is 4.12. The number of thioether (sulfide) groups is 1. The average molecular weight is 351 g/mol. The lowest BCUT2D eigenvalue weighted by Crippen LogP contribution is -2.13. The van der Waals surface area contributed by atoms with E-state index in [1.54, 1.807) is 31.4 Å². The number of carbonyl (C=O) groups is 1. The lowest BCUT2D eigenvalue weighted by Gasteiger charge is -2.08. The van der Waals surface area contributed by atoms with Gasteiger partial charge >= 0.3 is 0 Å². The third-order valence-electron chi connectivity index (χ3n) is 3.23. The Morgan fingerprint density at radius 3 is 2.74 bits per heavy atom. The lowest BCUT2D eigenvalue weighted by atomic mass is 10.1. The number of carbonyl (C=O) groups excluding carboxylic acids is 1. The molecule has 2 rings (SSSR count).